The second-order valence-electron chi connectivity index (χ2n) is 6.40. The molecule has 1 aromatic carbocycles. The number of hydrogen-bond donors (Lipinski definition) is 1. The lowest BCUT2D eigenvalue weighted by atomic mass is 10.2. The molecule has 0 amide bonds. The molecule has 5 nitrogen and oxygen atoms in total. The molecule has 0 aromatic heterocycles. The Kier molecular flexibility index (Phi) is 5.82. The minimum absolute atomic E-state index is 0.00178. The molecular formula is C16H20ClFN2O3S2. The van der Waals surface area contributed by atoms with E-state index in [9.17, 15) is 12.8 Å². The van der Waals surface area contributed by atoms with Crippen LogP contribution < -0.4 is 5.32 Å². The maximum Gasteiger partial charge on any atom is 0.173 e. The Morgan fingerprint density at radius 3 is 2.84 bits per heavy atom. The first-order valence-corrected chi connectivity index (χ1v) is 10.8. The Morgan fingerprint density at radius 1 is 1.44 bits per heavy atom. The Morgan fingerprint density at radius 2 is 2.24 bits per heavy atom. The molecule has 9 heteroatoms. The molecule has 1 N–H and O–H groups in total. The second-order valence-corrected chi connectivity index (χ2v) is 9.43. The number of anilines is 1. The number of thiocarbonyl (C=S) groups is 1. The van der Waals surface area contributed by atoms with Crippen molar-refractivity contribution in [3.05, 3.63) is 29.0 Å². The summed E-state index contributed by atoms with van der Waals surface area (Å²) in [6, 6.07) is 4.09. The summed E-state index contributed by atoms with van der Waals surface area (Å²) >= 11 is 11.3. The molecular weight excluding hydrogens is 387 g/mol. The van der Waals surface area contributed by atoms with Gasteiger partial charge in [-0.15, -0.1) is 0 Å². The van der Waals surface area contributed by atoms with Crippen LogP contribution in [-0.2, 0) is 14.6 Å². The van der Waals surface area contributed by atoms with E-state index in [0.29, 0.717) is 23.8 Å². The highest BCUT2D eigenvalue weighted by molar-refractivity contribution is 7.91. The van der Waals surface area contributed by atoms with E-state index in [2.05, 4.69) is 5.32 Å². The number of rotatable bonds is 4. The zero-order valence-corrected chi connectivity index (χ0v) is 16.0. The lowest BCUT2D eigenvalue weighted by Gasteiger charge is -2.33. The van der Waals surface area contributed by atoms with Crippen molar-refractivity contribution >= 4 is 44.5 Å². The zero-order valence-electron chi connectivity index (χ0n) is 13.6. The van der Waals surface area contributed by atoms with Crippen molar-refractivity contribution in [1.82, 2.24) is 4.90 Å². The molecule has 1 aromatic rings. The van der Waals surface area contributed by atoms with Gasteiger partial charge in [0.05, 0.1) is 22.6 Å². The van der Waals surface area contributed by atoms with E-state index in [0.717, 1.165) is 19.4 Å². The van der Waals surface area contributed by atoms with Crippen LogP contribution in [0.4, 0.5) is 10.1 Å². The van der Waals surface area contributed by atoms with Gasteiger partial charge in [0.15, 0.2) is 14.9 Å². The average Bonchev–Trinajstić information content (AvgIpc) is 3.17. The molecule has 0 aliphatic carbocycles. The monoisotopic (exact) mass is 406 g/mol. The number of nitrogens with zero attached hydrogens (tertiary/aromatic N) is 1. The van der Waals surface area contributed by atoms with Crippen LogP contribution in [0.3, 0.4) is 0 Å². The van der Waals surface area contributed by atoms with Crippen molar-refractivity contribution < 1.29 is 17.5 Å². The van der Waals surface area contributed by atoms with Gasteiger partial charge >= 0.3 is 0 Å². The van der Waals surface area contributed by atoms with E-state index in [4.69, 9.17) is 28.6 Å². The van der Waals surface area contributed by atoms with Crippen LogP contribution in [0.25, 0.3) is 0 Å². The summed E-state index contributed by atoms with van der Waals surface area (Å²) in [5.74, 6) is -0.243. The van der Waals surface area contributed by atoms with Crippen molar-refractivity contribution in [3.63, 3.8) is 0 Å². The summed E-state index contributed by atoms with van der Waals surface area (Å²) < 4.78 is 42.7. The lowest BCUT2D eigenvalue weighted by Crippen LogP contribution is -2.47. The maximum absolute atomic E-state index is 13.3. The quantitative estimate of drug-likeness (QED) is 0.776. The largest absolute Gasteiger partial charge is 0.376 e. The van der Waals surface area contributed by atoms with Crippen molar-refractivity contribution in [2.24, 2.45) is 0 Å². The van der Waals surface area contributed by atoms with Crippen LogP contribution in [-0.4, -0.2) is 55.2 Å². The maximum atomic E-state index is 13.3. The van der Waals surface area contributed by atoms with E-state index in [-0.39, 0.29) is 28.7 Å². The molecule has 2 aliphatic rings. The van der Waals surface area contributed by atoms with Crippen LogP contribution in [0, 0.1) is 5.82 Å². The van der Waals surface area contributed by atoms with Crippen LogP contribution in [0.15, 0.2) is 18.2 Å². The number of benzene rings is 1. The predicted octanol–water partition coefficient (Wildman–Crippen LogP) is 2.84. The van der Waals surface area contributed by atoms with E-state index >= 15 is 0 Å². The van der Waals surface area contributed by atoms with Gasteiger partial charge in [0.2, 0.25) is 0 Å². The summed E-state index contributed by atoms with van der Waals surface area (Å²) in [6.07, 6.45) is 2.51. The van der Waals surface area contributed by atoms with Crippen molar-refractivity contribution in [3.8, 4) is 0 Å². The normalized spacial score (nSPS) is 25.0. The number of hydrogen-bond acceptors (Lipinski definition) is 4. The molecule has 2 atom stereocenters. The SMILES string of the molecule is O=S1(=O)CC[C@H](N(C[C@@H]2CCCO2)C(=S)Nc2ccc(F)c(Cl)c2)C1. The topological polar surface area (TPSA) is 58.6 Å². The fraction of sp³-hybridized carbons (Fsp3) is 0.562. The van der Waals surface area contributed by atoms with Crippen LogP contribution in [0.1, 0.15) is 19.3 Å². The zero-order chi connectivity index (χ0) is 18.0. The van der Waals surface area contributed by atoms with E-state index in [1.807, 2.05) is 4.90 Å². The number of halogens is 2. The molecule has 0 unspecified atom stereocenters. The van der Waals surface area contributed by atoms with E-state index < -0.39 is 15.7 Å². The smallest absolute Gasteiger partial charge is 0.173 e. The molecule has 3 rings (SSSR count). The van der Waals surface area contributed by atoms with Gasteiger partial charge in [0.25, 0.3) is 0 Å². The Hall–Kier alpha value is -0.960. The van der Waals surface area contributed by atoms with Crippen LogP contribution >= 0.6 is 23.8 Å². The first kappa shape index (κ1) is 18.8. The molecule has 2 heterocycles. The Balaban J connectivity index is 1.74. The highest BCUT2D eigenvalue weighted by Crippen LogP contribution is 2.24. The fourth-order valence-corrected chi connectivity index (χ4v) is 5.45. The third kappa shape index (κ3) is 4.81. The predicted molar refractivity (Wildman–Crippen MR) is 100 cm³/mol. The van der Waals surface area contributed by atoms with Gasteiger partial charge in [-0.25, -0.2) is 12.8 Å². The van der Waals surface area contributed by atoms with Crippen molar-refractivity contribution in [2.75, 3.05) is 30.0 Å². The summed E-state index contributed by atoms with van der Waals surface area (Å²) in [5.41, 5.74) is 0.564. The van der Waals surface area contributed by atoms with Gasteiger partial charge < -0.3 is 15.0 Å². The van der Waals surface area contributed by atoms with Crippen LogP contribution in [0.2, 0.25) is 5.02 Å². The minimum atomic E-state index is -3.03. The van der Waals surface area contributed by atoms with Crippen molar-refractivity contribution in [2.45, 2.75) is 31.4 Å². The van der Waals surface area contributed by atoms with E-state index in [1.54, 1.807) is 6.07 Å². The second kappa shape index (κ2) is 7.73. The molecule has 25 heavy (non-hydrogen) atoms. The Labute approximate surface area is 157 Å². The fourth-order valence-electron chi connectivity index (χ4n) is 3.20. The molecule has 2 saturated heterocycles. The standard InChI is InChI=1S/C16H20ClFN2O3S2/c17-14-8-11(3-4-15(14)18)19-16(24)20(9-13-2-1-6-23-13)12-5-7-25(21,22)10-12/h3-4,8,12-13H,1-2,5-7,9-10H2,(H,19,24)/t12-,13-/m0/s1. The van der Waals surface area contributed by atoms with E-state index in [1.165, 1.54) is 12.1 Å². The van der Waals surface area contributed by atoms with Gasteiger partial charge in [-0.3, -0.25) is 0 Å². The molecule has 2 aliphatic heterocycles. The molecule has 138 valence electrons. The first-order chi connectivity index (χ1) is 11.8. The highest BCUT2D eigenvalue weighted by atomic mass is 35.5. The number of sulfone groups is 1. The number of ether oxygens (including phenoxy) is 1. The molecule has 0 saturated carbocycles. The summed E-state index contributed by atoms with van der Waals surface area (Å²) in [5, 5.41) is 3.45. The lowest BCUT2D eigenvalue weighted by molar-refractivity contribution is 0.0851. The van der Waals surface area contributed by atoms with Gasteiger partial charge in [0.1, 0.15) is 5.82 Å². The van der Waals surface area contributed by atoms with Gasteiger partial charge in [0, 0.05) is 24.9 Å². The summed E-state index contributed by atoms with van der Waals surface area (Å²) in [7, 11) is -3.03. The average molecular weight is 407 g/mol. The molecule has 0 radical (unpaired) electrons. The summed E-state index contributed by atoms with van der Waals surface area (Å²) in [6.45, 7) is 1.26. The minimum Gasteiger partial charge on any atom is -0.376 e. The molecule has 2 fully saturated rings. The van der Waals surface area contributed by atoms with Gasteiger partial charge in [-0.2, -0.15) is 0 Å². The highest BCUT2D eigenvalue weighted by Gasteiger charge is 2.35. The van der Waals surface area contributed by atoms with Crippen LogP contribution in [0.5, 0.6) is 0 Å². The third-order valence-electron chi connectivity index (χ3n) is 4.51. The van der Waals surface area contributed by atoms with Gasteiger partial charge in [-0.1, -0.05) is 11.6 Å². The van der Waals surface area contributed by atoms with Crippen molar-refractivity contribution in [1.29, 1.82) is 0 Å². The Bertz CT molecular complexity index is 754. The van der Waals surface area contributed by atoms with Gasteiger partial charge in [-0.05, 0) is 49.7 Å². The summed E-state index contributed by atoms with van der Waals surface area (Å²) in [4.78, 5) is 1.90. The third-order valence-corrected chi connectivity index (χ3v) is 6.88. The molecule has 0 bridgehead atoms. The molecule has 0 spiro atoms. The number of nitrogens with one attached hydrogen (secondary N) is 1. The first-order valence-electron chi connectivity index (χ1n) is 8.19.